The molecule has 5 heteroatoms. The first-order valence-electron chi connectivity index (χ1n) is 6.40. The molecule has 2 aromatic rings. The van der Waals surface area contributed by atoms with Gasteiger partial charge in [-0.2, -0.15) is 0 Å². The molecule has 5 nitrogen and oxygen atoms in total. The van der Waals surface area contributed by atoms with Crippen LogP contribution in [-0.4, -0.2) is 18.5 Å². The summed E-state index contributed by atoms with van der Waals surface area (Å²) in [6.45, 7) is 0.242. The normalized spacial score (nSPS) is 9.90. The fourth-order valence-electron chi connectivity index (χ4n) is 1.68. The number of carboxylic acid groups (broad SMARTS) is 1. The highest BCUT2D eigenvalue weighted by Gasteiger charge is 2.03. The molecule has 108 valence electrons. The number of benzene rings is 2. The molecule has 0 aliphatic rings. The van der Waals surface area contributed by atoms with Crippen molar-refractivity contribution in [2.24, 2.45) is 0 Å². The van der Waals surface area contributed by atoms with Gasteiger partial charge in [-0.05, 0) is 23.3 Å². The van der Waals surface area contributed by atoms with Crippen LogP contribution >= 0.6 is 0 Å². The van der Waals surface area contributed by atoms with Gasteiger partial charge in [0.05, 0.1) is 5.97 Å². The van der Waals surface area contributed by atoms with Crippen LogP contribution in [-0.2, 0) is 11.3 Å². The second-order valence-corrected chi connectivity index (χ2v) is 4.36. The zero-order valence-electron chi connectivity index (χ0n) is 11.2. The number of amides is 1. The van der Waals surface area contributed by atoms with E-state index in [1.165, 1.54) is 12.1 Å². The van der Waals surface area contributed by atoms with Crippen molar-refractivity contribution in [2.45, 2.75) is 6.54 Å². The minimum absolute atomic E-state index is 0.0683. The molecule has 0 aliphatic heterocycles. The first-order valence-corrected chi connectivity index (χ1v) is 6.40. The highest BCUT2D eigenvalue weighted by molar-refractivity contribution is 5.85. The number of nitrogens with one attached hydrogen (secondary N) is 1. The van der Waals surface area contributed by atoms with Crippen LogP contribution in [0.5, 0.6) is 5.75 Å². The lowest BCUT2D eigenvalue weighted by Crippen LogP contribution is -2.28. The van der Waals surface area contributed by atoms with Gasteiger partial charge in [0.15, 0.2) is 6.61 Å². The van der Waals surface area contributed by atoms with Crippen molar-refractivity contribution in [3.63, 3.8) is 0 Å². The third-order valence-electron chi connectivity index (χ3n) is 2.79. The molecular formula is C16H14NO4-. The Bertz CT molecular complexity index is 608. The molecule has 1 amide bonds. The van der Waals surface area contributed by atoms with Crippen molar-refractivity contribution >= 4 is 11.9 Å². The van der Waals surface area contributed by atoms with Crippen LogP contribution in [0.25, 0.3) is 0 Å². The average molecular weight is 284 g/mol. The van der Waals surface area contributed by atoms with E-state index in [-0.39, 0.29) is 18.1 Å². The van der Waals surface area contributed by atoms with Gasteiger partial charge in [0.1, 0.15) is 5.75 Å². The lowest BCUT2D eigenvalue weighted by molar-refractivity contribution is -0.255. The Morgan fingerprint density at radius 3 is 2.29 bits per heavy atom. The van der Waals surface area contributed by atoms with Gasteiger partial charge in [-0.15, -0.1) is 0 Å². The summed E-state index contributed by atoms with van der Waals surface area (Å²) in [5, 5.41) is 13.3. The molecule has 0 heterocycles. The van der Waals surface area contributed by atoms with Gasteiger partial charge in [-0.1, -0.05) is 42.5 Å². The molecule has 0 saturated carbocycles. The van der Waals surface area contributed by atoms with Gasteiger partial charge in [0, 0.05) is 6.54 Å². The number of rotatable bonds is 6. The third kappa shape index (κ3) is 4.65. The van der Waals surface area contributed by atoms with Crippen LogP contribution < -0.4 is 15.2 Å². The Labute approximate surface area is 122 Å². The molecule has 2 rings (SSSR count). The number of ether oxygens (including phenoxy) is 1. The number of hydrogen-bond acceptors (Lipinski definition) is 4. The molecule has 1 N–H and O–H groups in total. The molecule has 0 saturated heterocycles. The Morgan fingerprint density at radius 2 is 1.67 bits per heavy atom. The van der Waals surface area contributed by atoms with E-state index < -0.39 is 5.97 Å². The number of hydrogen-bond donors (Lipinski definition) is 1. The van der Waals surface area contributed by atoms with E-state index in [1.807, 2.05) is 18.2 Å². The molecule has 0 radical (unpaired) electrons. The van der Waals surface area contributed by atoms with Crippen LogP contribution in [0.3, 0.4) is 0 Å². The Balaban J connectivity index is 1.77. The standard InChI is InChI=1S/C16H15NO4/c18-15(11-21-14-4-2-1-3-5-14)17-10-12-6-8-13(9-7-12)16(19)20/h1-9H,10-11H2,(H,17,18)(H,19,20)/p-1. The zero-order chi connectivity index (χ0) is 15.1. The van der Waals surface area contributed by atoms with E-state index in [0.29, 0.717) is 12.3 Å². The predicted molar refractivity (Wildman–Crippen MR) is 74.6 cm³/mol. The van der Waals surface area contributed by atoms with E-state index in [9.17, 15) is 14.7 Å². The van der Waals surface area contributed by atoms with Gasteiger partial charge in [-0.25, -0.2) is 0 Å². The topological polar surface area (TPSA) is 78.5 Å². The molecule has 0 aromatic heterocycles. The van der Waals surface area contributed by atoms with Crippen molar-refractivity contribution in [3.8, 4) is 5.75 Å². The fourth-order valence-corrected chi connectivity index (χ4v) is 1.68. The molecule has 0 atom stereocenters. The third-order valence-corrected chi connectivity index (χ3v) is 2.79. The van der Waals surface area contributed by atoms with Crippen molar-refractivity contribution in [2.75, 3.05) is 6.61 Å². The molecule has 21 heavy (non-hydrogen) atoms. The highest BCUT2D eigenvalue weighted by atomic mass is 16.5. The van der Waals surface area contributed by atoms with E-state index >= 15 is 0 Å². The maximum absolute atomic E-state index is 11.6. The van der Waals surface area contributed by atoms with E-state index in [0.717, 1.165) is 5.56 Å². The molecule has 0 spiro atoms. The minimum atomic E-state index is -1.22. The van der Waals surface area contributed by atoms with Crippen LogP contribution in [0, 0.1) is 0 Å². The SMILES string of the molecule is O=C(COc1ccccc1)NCc1ccc(C(=O)[O-])cc1. The second kappa shape index (κ2) is 7.09. The lowest BCUT2D eigenvalue weighted by atomic mass is 10.1. The summed E-state index contributed by atoms with van der Waals surface area (Å²) in [7, 11) is 0. The maximum Gasteiger partial charge on any atom is 0.258 e. The quantitative estimate of drug-likeness (QED) is 0.849. The van der Waals surface area contributed by atoms with Gasteiger partial charge in [0.25, 0.3) is 5.91 Å². The van der Waals surface area contributed by atoms with Gasteiger partial charge < -0.3 is 20.0 Å². The summed E-state index contributed by atoms with van der Waals surface area (Å²) < 4.78 is 5.31. The summed E-state index contributed by atoms with van der Waals surface area (Å²) >= 11 is 0. The fraction of sp³-hybridized carbons (Fsp3) is 0.125. The van der Waals surface area contributed by atoms with Crippen LogP contribution in [0.2, 0.25) is 0 Å². The monoisotopic (exact) mass is 284 g/mol. The number of para-hydroxylation sites is 1. The number of carbonyl (C=O) groups excluding carboxylic acids is 2. The minimum Gasteiger partial charge on any atom is -0.545 e. The van der Waals surface area contributed by atoms with E-state index in [4.69, 9.17) is 4.74 Å². The smallest absolute Gasteiger partial charge is 0.258 e. The molecule has 0 aliphatic carbocycles. The summed E-state index contributed by atoms with van der Waals surface area (Å²) in [6.07, 6.45) is 0. The number of carbonyl (C=O) groups is 2. The summed E-state index contributed by atoms with van der Waals surface area (Å²) in [5.41, 5.74) is 0.908. The highest BCUT2D eigenvalue weighted by Crippen LogP contribution is 2.07. The van der Waals surface area contributed by atoms with Crippen molar-refractivity contribution in [3.05, 3.63) is 65.7 Å². The lowest BCUT2D eigenvalue weighted by Gasteiger charge is -2.08. The van der Waals surface area contributed by atoms with E-state index in [2.05, 4.69) is 5.32 Å². The zero-order valence-corrected chi connectivity index (χ0v) is 11.2. The number of aromatic carboxylic acids is 1. The second-order valence-electron chi connectivity index (χ2n) is 4.36. The van der Waals surface area contributed by atoms with Crippen LogP contribution in [0.1, 0.15) is 15.9 Å². The first kappa shape index (κ1) is 14.6. The maximum atomic E-state index is 11.6. The Morgan fingerprint density at radius 1 is 1.00 bits per heavy atom. The molecule has 0 unspecified atom stereocenters. The van der Waals surface area contributed by atoms with Gasteiger partial charge in [-0.3, -0.25) is 4.79 Å². The summed E-state index contributed by atoms with van der Waals surface area (Å²) in [4.78, 5) is 22.2. The van der Waals surface area contributed by atoms with Gasteiger partial charge in [0.2, 0.25) is 0 Å². The molecule has 0 fully saturated rings. The summed E-state index contributed by atoms with van der Waals surface area (Å²) in [5.74, 6) is -0.837. The van der Waals surface area contributed by atoms with Crippen molar-refractivity contribution < 1.29 is 19.4 Å². The van der Waals surface area contributed by atoms with Gasteiger partial charge >= 0.3 is 0 Å². The molecule has 0 bridgehead atoms. The molecule has 2 aromatic carbocycles. The summed E-state index contributed by atoms with van der Waals surface area (Å²) in [6, 6.07) is 15.2. The van der Waals surface area contributed by atoms with Crippen molar-refractivity contribution in [1.29, 1.82) is 0 Å². The Hall–Kier alpha value is -2.82. The predicted octanol–water partition coefficient (Wildman–Crippen LogP) is 0.745. The average Bonchev–Trinajstić information content (AvgIpc) is 2.52. The molecular weight excluding hydrogens is 270 g/mol. The van der Waals surface area contributed by atoms with Crippen LogP contribution in [0.4, 0.5) is 0 Å². The Kier molecular flexibility index (Phi) is 4.93. The van der Waals surface area contributed by atoms with E-state index in [1.54, 1.807) is 24.3 Å². The van der Waals surface area contributed by atoms with Crippen molar-refractivity contribution in [1.82, 2.24) is 5.32 Å². The first-order chi connectivity index (χ1) is 10.1. The largest absolute Gasteiger partial charge is 0.545 e. The number of carboxylic acids is 1. The van der Waals surface area contributed by atoms with Crippen LogP contribution in [0.15, 0.2) is 54.6 Å².